The Hall–Kier alpha value is -3.01. The van der Waals surface area contributed by atoms with Gasteiger partial charge in [0.1, 0.15) is 11.3 Å². The van der Waals surface area contributed by atoms with Crippen molar-refractivity contribution in [1.29, 1.82) is 0 Å². The zero-order chi connectivity index (χ0) is 21.3. The molecule has 0 fully saturated rings. The molecule has 0 radical (unpaired) electrons. The van der Waals surface area contributed by atoms with Crippen LogP contribution >= 0.6 is 11.8 Å². The number of carbonyl (C=O) groups is 2. The van der Waals surface area contributed by atoms with E-state index in [1.54, 1.807) is 42.9 Å². The summed E-state index contributed by atoms with van der Waals surface area (Å²) >= 11 is 0.871. The molecule has 158 valence electrons. The Kier molecular flexibility index (Phi) is 7.72. The van der Waals surface area contributed by atoms with E-state index in [9.17, 15) is 9.59 Å². The molecule has 2 amide bonds. The van der Waals surface area contributed by atoms with Crippen LogP contribution in [0.15, 0.2) is 57.8 Å². The molecule has 0 aliphatic heterocycles. The number of hydroxylamine groups is 1. The van der Waals surface area contributed by atoms with E-state index in [2.05, 4.69) is 5.32 Å². The van der Waals surface area contributed by atoms with E-state index >= 15 is 0 Å². The van der Waals surface area contributed by atoms with Crippen molar-refractivity contribution in [2.24, 2.45) is 0 Å². The van der Waals surface area contributed by atoms with Crippen molar-refractivity contribution in [3.63, 3.8) is 0 Å². The summed E-state index contributed by atoms with van der Waals surface area (Å²) in [5.41, 5.74) is 3.11. The fraction of sp³-hybridized carbons (Fsp3) is 0.238. The van der Waals surface area contributed by atoms with Gasteiger partial charge >= 0.3 is 5.24 Å². The normalized spacial score (nSPS) is 10.7. The Morgan fingerprint density at radius 2 is 1.97 bits per heavy atom. The summed E-state index contributed by atoms with van der Waals surface area (Å²) in [6.45, 7) is 1.27. The third-order valence-corrected chi connectivity index (χ3v) is 4.93. The van der Waals surface area contributed by atoms with Gasteiger partial charge in [0.15, 0.2) is 5.76 Å². The number of rotatable bonds is 9. The van der Waals surface area contributed by atoms with E-state index in [-0.39, 0.29) is 11.7 Å². The van der Waals surface area contributed by atoms with Gasteiger partial charge in [0.25, 0.3) is 5.91 Å². The molecule has 0 saturated heterocycles. The summed E-state index contributed by atoms with van der Waals surface area (Å²) in [6.07, 6.45) is 0.615. The minimum atomic E-state index is -0.557. The molecule has 30 heavy (non-hydrogen) atoms. The van der Waals surface area contributed by atoms with Crippen molar-refractivity contribution in [2.45, 2.75) is 17.9 Å². The second-order valence-corrected chi connectivity index (χ2v) is 7.36. The highest BCUT2D eigenvalue weighted by Crippen LogP contribution is 2.24. The van der Waals surface area contributed by atoms with Crippen LogP contribution in [0.2, 0.25) is 0 Å². The molecule has 0 aliphatic carbocycles. The molecule has 3 rings (SSSR count). The second-order valence-electron chi connectivity index (χ2n) is 6.31. The first kappa shape index (κ1) is 21.7. The fourth-order valence-corrected chi connectivity index (χ4v) is 3.32. The van der Waals surface area contributed by atoms with Crippen LogP contribution in [0.25, 0.3) is 11.0 Å². The van der Waals surface area contributed by atoms with Crippen molar-refractivity contribution in [3.05, 3.63) is 59.9 Å². The molecule has 0 bridgehead atoms. The quantitative estimate of drug-likeness (QED) is 0.204. The average Bonchev–Trinajstić information content (AvgIpc) is 3.20. The number of methoxy groups -OCH3 is 1. The van der Waals surface area contributed by atoms with Gasteiger partial charge < -0.3 is 19.2 Å². The number of amides is 2. The van der Waals surface area contributed by atoms with Crippen molar-refractivity contribution in [1.82, 2.24) is 10.8 Å². The maximum absolute atomic E-state index is 12.3. The molecule has 0 saturated carbocycles. The molecule has 3 aromatic rings. The summed E-state index contributed by atoms with van der Waals surface area (Å²) in [6, 6.07) is 14.3. The molecule has 8 nitrogen and oxygen atoms in total. The minimum Gasteiger partial charge on any atom is -0.494 e. The number of hydrogen-bond acceptors (Lipinski definition) is 7. The number of thioether (sulfide) groups is 1. The first-order valence-electron chi connectivity index (χ1n) is 9.24. The monoisotopic (exact) mass is 430 g/mol. The summed E-state index contributed by atoms with van der Waals surface area (Å²) in [5, 5.41) is 11.6. The maximum Gasteiger partial charge on any atom is 0.307 e. The third kappa shape index (κ3) is 5.76. The lowest BCUT2D eigenvalue weighted by molar-refractivity contribution is 0.0925. The molecule has 0 atom stereocenters. The van der Waals surface area contributed by atoms with Gasteiger partial charge in [0, 0.05) is 29.5 Å². The highest BCUT2D eigenvalue weighted by Gasteiger charge is 2.14. The zero-order valence-electron chi connectivity index (χ0n) is 16.3. The number of carbonyl (C=O) groups excluding carboxylic acids is 2. The SMILES string of the molecule is COCc1cccc2cc(C(=O)NCCCOc3ccc(SC(=O)NO)cc3)oc12. The van der Waals surface area contributed by atoms with Gasteiger partial charge in [0.05, 0.1) is 13.2 Å². The predicted molar refractivity (Wildman–Crippen MR) is 112 cm³/mol. The molecule has 0 aliphatic rings. The lowest BCUT2D eigenvalue weighted by Gasteiger charge is -2.07. The standard InChI is InChI=1S/C21H22N2O6S/c1-27-13-15-5-2-4-14-12-18(29-19(14)15)20(24)22-10-3-11-28-16-6-8-17(9-7-16)30-21(25)23-26/h2,4-9,12,26H,3,10-11,13H2,1H3,(H,22,24)(H,23,25). The van der Waals surface area contributed by atoms with Gasteiger partial charge in [-0.05, 0) is 48.5 Å². The molecule has 0 spiro atoms. The Morgan fingerprint density at radius 1 is 1.17 bits per heavy atom. The Labute approximate surface area is 177 Å². The molecular formula is C21H22N2O6S. The second kappa shape index (κ2) is 10.7. The Bertz CT molecular complexity index is 1000. The number of fused-ring (bicyclic) bond motifs is 1. The van der Waals surface area contributed by atoms with Crippen LogP contribution in [0.1, 0.15) is 22.5 Å². The van der Waals surface area contributed by atoms with Crippen LogP contribution in [0.5, 0.6) is 5.75 Å². The van der Waals surface area contributed by atoms with Gasteiger partial charge in [-0.25, -0.2) is 5.48 Å². The van der Waals surface area contributed by atoms with Gasteiger partial charge in [-0.2, -0.15) is 0 Å². The minimum absolute atomic E-state index is 0.259. The van der Waals surface area contributed by atoms with Crippen LogP contribution in [-0.2, 0) is 11.3 Å². The largest absolute Gasteiger partial charge is 0.494 e. The Balaban J connectivity index is 1.43. The number of hydrogen-bond donors (Lipinski definition) is 3. The first-order chi connectivity index (χ1) is 14.6. The van der Waals surface area contributed by atoms with Gasteiger partial charge in [-0.15, -0.1) is 0 Å². The highest BCUT2D eigenvalue weighted by atomic mass is 32.2. The van der Waals surface area contributed by atoms with Crippen molar-refractivity contribution in [2.75, 3.05) is 20.3 Å². The fourth-order valence-electron chi connectivity index (χ4n) is 2.79. The van der Waals surface area contributed by atoms with Gasteiger partial charge in [-0.1, -0.05) is 18.2 Å². The van der Waals surface area contributed by atoms with Crippen LogP contribution in [0.4, 0.5) is 4.79 Å². The van der Waals surface area contributed by atoms with E-state index in [1.165, 1.54) is 0 Å². The van der Waals surface area contributed by atoms with Gasteiger partial charge in [-0.3, -0.25) is 14.8 Å². The first-order valence-corrected chi connectivity index (χ1v) is 10.1. The molecule has 0 unspecified atom stereocenters. The van der Waals surface area contributed by atoms with E-state index in [1.807, 2.05) is 18.2 Å². The lowest BCUT2D eigenvalue weighted by Crippen LogP contribution is -2.25. The lowest BCUT2D eigenvalue weighted by atomic mass is 10.1. The van der Waals surface area contributed by atoms with Gasteiger partial charge in [0.2, 0.25) is 0 Å². The molecule has 1 aromatic heterocycles. The third-order valence-electron chi connectivity index (χ3n) is 4.15. The van der Waals surface area contributed by atoms with E-state index in [0.29, 0.717) is 42.4 Å². The van der Waals surface area contributed by atoms with E-state index < -0.39 is 5.24 Å². The summed E-state index contributed by atoms with van der Waals surface area (Å²) in [4.78, 5) is 24.1. The van der Waals surface area contributed by atoms with Crippen molar-refractivity contribution >= 4 is 33.9 Å². The molecule has 3 N–H and O–H groups in total. The molecular weight excluding hydrogens is 408 g/mol. The number of para-hydroxylation sites is 1. The number of benzene rings is 2. The average molecular weight is 430 g/mol. The summed E-state index contributed by atoms with van der Waals surface area (Å²) in [5.74, 6) is 0.630. The summed E-state index contributed by atoms with van der Waals surface area (Å²) < 4.78 is 16.5. The zero-order valence-corrected chi connectivity index (χ0v) is 17.2. The molecule has 1 heterocycles. The number of ether oxygens (including phenoxy) is 2. The van der Waals surface area contributed by atoms with Crippen LogP contribution in [0.3, 0.4) is 0 Å². The predicted octanol–water partition coefficient (Wildman–Crippen LogP) is 3.97. The van der Waals surface area contributed by atoms with E-state index in [4.69, 9.17) is 19.1 Å². The van der Waals surface area contributed by atoms with Crippen LogP contribution in [-0.4, -0.2) is 36.6 Å². The van der Waals surface area contributed by atoms with Crippen molar-refractivity contribution < 1.29 is 28.7 Å². The number of nitrogens with one attached hydrogen (secondary N) is 2. The molecule has 2 aromatic carbocycles. The van der Waals surface area contributed by atoms with Crippen molar-refractivity contribution in [3.8, 4) is 5.75 Å². The Morgan fingerprint density at radius 3 is 2.70 bits per heavy atom. The van der Waals surface area contributed by atoms with Crippen LogP contribution in [0, 0.1) is 0 Å². The smallest absolute Gasteiger partial charge is 0.307 e. The number of furan rings is 1. The molecule has 9 heteroatoms. The van der Waals surface area contributed by atoms with Crippen LogP contribution < -0.4 is 15.5 Å². The van der Waals surface area contributed by atoms with E-state index in [0.717, 1.165) is 22.7 Å². The summed E-state index contributed by atoms with van der Waals surface area (Å²) in [7, 11) is 1.61. The topological polar surface area (TPSA) is 110 Å². The highest BCUT2D eigenvalue weighted by molar-refractivity contribution is 8.13. The maximum atomic E-state index is 12.3.